The minimum Gasteiger partial charge on any atom is -0.593 e. The molecule has 4 rings (SSSR count). The molecule has 2 aromatic heterocycles. The van der Waals surface area contributed by atoms with Gasteiger partial charge in [0.25, 0.3) is 0 Å². The summed E-state index contributed by atoms with van der Waals surface area (Å²) in [6, 6.07) is 0. The molecule has 0 saturated heterocycles. The van der Waals surface area contributed by atoms with Gasteiger partial charge in [-0.2, -0.15) is 0 Å². The Labute approximate surface area is 203 Å². The summed E-state index contributed by atoms with van der Waals surface area (Å²) in [6.07, 6.45) is 17.0. The highest BCUT2D eigenvalue weighted by atomic mass is 16.9. The summed E-state index contributed by atoms with van der Waals surface area (Å²) < 4.78 is 22.9. The molecule has 0 bridgehead atoms. The predicted octanol–water partition coefficient (Wildman–Crippen LogP) is 4.95. The minimum atomic E-state index is -2.46. The van der Waals surface area contributed by atoms with Gasteiger partial charge in [-0.1, -0.05) is 53.4 Å². The van der Waals surface area contributed by atoms with Crippen molar-refractivity contribution in [3.63, 3.8) is 0 Å². The van der Waals surface area contributed by atoms with E-state index in [1.807, 2.05) is 0 Å². The summed E-state index contributed by atoms with van der Waals surface area (Å²) in [5, 5.41) is 0. The van der Waals surface area contributed by atoms with Crippen LogP contribution in [0.3, 0.4) is 0 Å². The second-order valence-electron chi connectivity index (χ2n) is 9.03. The topological polar surface area (TPSA) is 88.5 Å². The Morgan fingerprint density at radius 3 is 1.03 bits per heavy atom. The molecule has 9 nitrogen and oxygen atoms in total. The summed E-state index contributed by atoms with van der Waals surface area (Å²) in [5.41, 5.74) is 0. The van der Waals surface area contributed by atoms with Gasteiger partial charge in [0.15, 0.2) is 0 Å². The van der Waals surface area contributed by atoms with Crippen LogP contribution in [0.25, 0.3) is 0 Å². The lowest BCUT2D eigenvalue weighted by Gasteiger charge is -2.39. The Morgan fingerprint density at radius 1 is 0.529 bits per heavy atom. The molecule has 2 aliphatic heterocycles. The molecule has 0 aromatic carbocycles. The molecule has 0 fully saturated rings. The van der Waals surface area contributed by atoms with Crippen LogP contribution in [0.5, 0.6) is 23.5 Å². The number of nitrogens with zero attached hydrogens (tertiary/aromatic N) is 5. The van der Waals surface area contributed by atoms with E-state index in [1.54, 1.807) is 0 Å². The molecule has 4 heterocycles. The maximum atomic E-state index is 5.38. The number of quaternary nitrogens is 1. The first-order valence-electron chi connectivity index (χ1n) is 12.9. The van der Waals surface area contributed by atoms with Crippen molar-refractivity contribution in [3.05, 3.63) is 24.8 Å². The predicted molar refractivity (Wildman–Crippen MR) is 132 cm³/mol. The molecular formula is C24H40BN5O4. The first kappa shape index (κ1) is 26.0. The molecule has 0 radical (unpaired) electrons. The third-order valence-electron chi connectivity index (χ3n) is 6.23. The van der Waals surface area contributed by atoms with Gasteiger partial charge in [-0.05, 0) is 25.7 Å². The highest BCUT2D eigenvalue weighted by Gasteiger charge is 2.54. The Balaban J connectivity index is 0.000000191. The van der Waals surface area contributed by atoms with E-state index >= 15 is 0 Å². The van der Waals surface area contributed by atoms with Gasteiger partial charge in [-0.15, -0.1) is 0 Å². The maximum absolute atomic E-state index is 5.38. The van der Waals surface area contributed by atoms with Crippen molar-refractivity contribution in [3.8, 4) is 23.5 Å². The van der Waals surface area contributed by atoms with Crippen molar-refractivity contribution >= 4 is 6.96 Å². The van der Waals surface area contributed by atoms with E-state index in [0.717, 1.165) is 0 Å². The maximum Gasteiger partial charge on any atom is 0.781 e. The van der Waals surface area contributed by atoms with Crippen molar-refractivity contribution in [1.82, 2.24) is 19.9 Å². The Bertz CT molecular complexity index is 743. The van der Waals surface area contributed by atoms with Gasteiger partial charge >= 0.3 is 6.96 Å². The fourth-order valence-electron chi connectivity index (χ4n) is 4.28. The number of rotatable bonds is 12. The first-order valence-corrected chi connectivity index (χ1v) is 12.9. The fraction of sp³-hybridized carbons (Fsp3) is 0.667. The lowest BCUT2D eigenvalue weighted by atomic mass is 10.1. The van der Waals surface area contributed by atoms with Gasteiger partial charge in [0, 0.05) is 24.8 Å². The van der Waals surface area contributed by atoms with Crippen LogP contribution >= 0.6 is 0 Å². The van der Waals surface area contributed by atoms with Gasteiger partial charge in [-0.25, -0.2) is 19.9 Å². The molecule has 2 aliphatic rings. The third-order valence-corrected chi connectivity index (χ3v) is 6.23. The largest absolute Gasteiger partial charge is 0.781 e. The highest BCUT2D eigenvalue weighted by Crippen LogP contribution is 2.40. The van der Waals surface area contributed by atoms with E-state index in [1.165, 1.54) is 107 Å². The summed E-state index contributed by atoms with van der Waals surface area (Å²) in [5.74, 6) is 0.890. The molecule has 0 amide bonds. The van der Waals surface area contributed by atoms with Crippen molar-refractivity contribution in [2.75, 3.05) is 26.2 Å². The number of hydrogen-bond acceptors (Lipinski definition) is 8. The normalized spacial score (nSPS) is 14.7. The molecule has 0 N–H and O–H groups in total. The third kappa shape index (κ3) is 6.71. The molecule has 0 aliphatic carbocycles. The van der Waals surface area contributed by atoms with Crippen molar-refractivity contribution in [2.45, 2.75) is 79.1 Å². The SMILES string of the molecule is CCCC[N+](CCCC)(CCCC)CCCC.c1cnc2c(n1)O[B-]1(O2)Oc2nccnc2O1. The van der Waals surface area contributed by atoms with Crippen LogP contribution in [0.15, 0.2) is 24.8 Å². The average molecular weight is 473 g/mol. The van der Waals surface area contributed by atoms with Crippen LogP contribution < -0.4 is 18.6 Å². The summed E-state index contributed by atoms with van der Waals surface area (Å²) in [6.45, 7) is 12.6. The Hall–Kier alpha value is -2.62. The molecular weight excluding hydrogens is 433 g/mol. The van der Waals surface area contributed by atoms with Gasteiger partial charge in [0.1, 0.15) is 0 Å². The van der Waals surface area contributed by atoms with Crippen molar-refractivity contribution in [1.29, 1.82) is 0 Å². The van der Waals surface area contributed by atoms with Gasteiger partial charge in [0.2, 0.25) is 23.5 Å². The van der Waals surface area contributed by atoms with E-state index in [0.29, 0.717) is 0 Å². The zero-order chi connectivity index (χ0) is 24.3. The van der Waals surface area contributed by atoms with Gasteiger partial charge in [0.05, 0.1) is 26.2 Å². The molecule has 10 heteroatoms. The van der Waals surface area contributed by atoms with Crippen LogP contribution in [0.2, 0.25) is 0 Å². The molecule has 0 atom stereocenters. The molecule has 2 aromatic rings. The second kappa shape index (κ2) is 12.7. The van der Waals surface area contributed by atoms with Crippen LogP contribution in [-0.4, -0.2) is 57.6 Å². The van der Waals surface area contributed by atoms with Crippen LogP contribution in [0.4, 0.5) is 0 Å². The zero-order valence-corrected chi connectivity index (χ0v) is 21.2. The Kier molecular flexibility index (Phi) is 9.74. The number of hydrogen-bond donors (Lipinski definition) is 0. The highest BCUT2D eigenvalue weighted by molar-refractivity contribution is 6.58. The first-order chi connectivity index (χ1) is 16.6. The number of unbranched alkanes of at least 4 members (excludes halogenated alkanes) is 4. The fourth-order valence-corrected chi connectivity index (χ4v) is 4.28. The monoisotopic (exact) mass is 473 g/mol. The van der Waals surface area contributed by atoms with Gasteiger partial charge in [-0.3, -0.25) is 0 Å². The van der Waals surface area contributed by atoms with Crippen LogP contribution in [0.1, 0.15) is 79.1 Å². The molecule has 188 valence electrons. The lowest BCUT2D eigenvalue weighted by Crippen LogP contribution is -2.54. The van der Waals surface area contributed by atoms with E-state index < -0.39 is 6.96 Å². The zero-order valence-electron chi connectivity index (χ0n) is 21.2. The van der Waals surface area contributed by atoms with E-state index in [2.05, 4.69) is 47.6 Å². The smallest absolute Gasteiger partial charge is 0.593 e. The molecule has 1 spiro atoms. The Morgan fingerprint density at radius 2 is 0.794 bits per heavy atom. The van der Waals surface area contributed by atoms with E-state index in [-0.39, 0.29) is 23.5 Å². The minimum absolute atomic E-state index is 0.223. The average Bonchev–Trinajstić information content (AvgIpc) is 3.41. The summed E-state index contributed by atoms with van der Waals surface area (Å²) in [7, 11) is 0. The number of aromatic nitrogens is 4. The van der Waals surface area contributed by atoms with Crippen LogP contribution in [0, 0.1) is 0 Å². The lowest BCUT2D eigenvalue weighted by molar-refractivity contribution is -0.929. The van der Waals surface area contributed by atoms with Crippen molar-refractivity contribution in [2.24, 2.45) is 0 Å². The standard InChI is InChI=1S/C16H36N.C8H4BN4O4/c1-5-9-13-17(14-10-6-2,15-11-7-3)16-12-8-4;1-2-11-6-5(10-1)14-9(15-6)16-7-8(17-9)13-4-3-12-7/h5-16H2,1-4H3;1-4H/q+1;-1. The van der Waals surface area contributed by atoms with Gasteiger partial charge < -0.3 is 23.1 Å². The molecule has 34 heavy (non-hydrogen) atoms. The van der Waals surface area contributed by atoms with Crippen molar-refractivity contribution < 1.29 is 23.1 Å². The summed E-state index contributed by atoms with van der Waals surface area (Å²) in [4.78, 5) is 15.8. The quantitative estimate of drug-likeness (QED) is 0.316. The molecule has 0 saturated carbocycles. The second-order valence-corrected chi connectivity index (χ2v) is 9.03. The van der Waals surface area contributed by atoms with E-state index in [4.69, 9.17) is 18.6 Å². The van der Waals surface area contributed by atoms with E-state index in [9.17, 15) is 0 Å². The number of fused-ring (bicyclic) bond motifs is 2. The molecule has 0 unspecified atom stereocenters. The summed E-state index contributed by atoms with van der Waals surface area (Å²) >= 11 is 0. The van der Waals surface area contributed by atoms with Crippen LogP contribution in [-0.2, 0) is 0 Å².